The predicted molar refractivity (Wildman–Crippen MR) is 84.4 cm³/mol. The quantitative estimate of drug-likeness (QED) is 0.638. The second-order valence-electron chi connectivity index (χ2n) is 5.07. The van der Waals surface area contributed by atoms with Crippen LogP contribution in [0.2, 0.25) is 0 Å². The molecule has 23 heavy (non-hydrogen) atoms. The van der Waals surface area contributed by atoms with Gasteiger partial charge in [-0.2, -0.15) is 0 Å². The number of ether oxygens (including phenoxy) is 1. The lowest BCUT2D eigenvalue weighted by Gasteiger charge is -2.09. The van der Waals surface area contributed by atoms with Gasteiger partial charge < -0.3 is 9.57 Å². The molecule has 5 heteroatoms. The molecule has 0 amide bonds. The van der Waals surface area contributed by atoms with Crippen LogP contribution in [0.1, 0.15) is 18.1 Å². The molecule has 0 radical (unpaired) electrons. The van der Waals surface area contributed by atoms with E-state index in [9.17, 15) is 9.18 Å². The molecule has 0 atom stereocenters. The fraction of sp³-hybridized carbons (Fsp3) is 0.111. The summed E-state index contributed by atoms with van der Waals surface area (Å²) in [6.07, 6.45) is 1.68. The molecule has 2 aromatic carbocycles. The standard InChI is InChI=1S/C18H14FNO3/c1-12-16(18(21)23-20-12)10-14-6-2-3-8-17(14)22-11-13-5-4-7-15(19)9-13/h2-10H,11H2,1H3/b16-10+. The Morgan fingerprint density at radius 2 is 2.04 bits per heavy atom. The van der Waals surface area contributed by atoms with E-state index >= 15 is 0 Å². The Kier molecular flexibility index (Phi) is 4.19. The van der Waals surface area contributed by atoms with Crippen molar-refractivity contribution >= 4 is 17.8 Å². The molecule has 3 rings (SSSR count). The second-order valence-corrected chi connectivity index (χ2v) is 5.07. The number of hydrogen-bond acceptors (Lipinski definition) is 4. The van der Waals surface area contributed by atoms with Crippen LogP contribution in [-0.4, -0.2) is 11.7 Å². The first-order valence-electron chi connectivity index (χ1n) is 7.08. The number of halogens is 1. The molecule has 0 unspecified atom stereocenters. The highest BCUT2D eigenvalue weighted by atomic mass is 19.1. The number of hydrogen-bond donors (Lipinski definition) is 0. The molecule has 0 saturated heterocycles. The molecule has 0 aromatic heterocycles. The Balaban J connectivity index is 1.83. The Hall–Kier alpha value is -2.95. The van der Waals surface area contributed by atoms with Gasteiger partial charge in [0.15, 0.2) is 0 Å². The number of carbonyl (C=O) groups excluding carboxylic acids is 1. The van der Waals surface area contributed by atoms with Crippen LogP contribution in [0.3, 0.4) is 0 Å². The number of oxime groups is 1. The lowest BCUT2D eigenvalue weighted by Crippen LogP contribution is -2.03. The van der Waals surface area contributed by atoms with E-state index in [-0.39, 0.29) is 12.4 Å². The van der Waals surface area contributed by atoms with Gasteiger partial charge in [0.2, 0.25) is 0 Å². The molecule has 0 N–H and O–H groups in total. The molecule has 0 fully saturated rings. The van der Waals surface area contributed by atoms with Crippen molar-refractivity contribution in [3.63, 3.8) is 0 Å². The van der Waals surface area contributed by atoms with Gasteiger partial charge in [0.1, 0.15) is 18.2 Å². The van der Waals surface area contributed by atoms with Crippen LogP contribution in [0.15, 0.2) is 59.3 Å². The summed E-state index contributed by atoms with van der Waals surface area (Å²) in [7, 11) is 0. The predicted octanol–water partition coefficient (Wildman–Crippen LogP) is 3.72. The largest absolute Gasteiger partial charge is 0.488 e. The van der Waals surface area contributed by atoms with E-state index in [4.69, 9.17) is 4.74 Å². The van der Waals surface area contributed by atoms with E-state index in [2.05, 4.69) is 9.99 Å². The van der Waals surface area contributed by atoms with Crippen molar-refractivity contribution in [3.8, 4) is 5.75 Å². The van der Waals surface area contributed by atoms with Gasteiger partial charge in [-0.3, -0.25) is 0 Å². The molecule has 4 nitrogen and oxygen atoms in total. The summed E-state index contributed by atoms with van der Waals surface area (Å²) >= 11 is 0. The zero-order chi connectivity index (χ0) is 16.2. The van der Waals surface area contributed by atoms with Crippen molar-refractivity contribution in [2.24, 2.45) is 5.16 Å². The average Bonchev–Trinajstić information content (AvgIpc) is 2.86. The zero-order valence-corrected chi connectivity index (χ0v) is 12.5. The summed E-state index contributed by atoms with van der Waals surface area (Å²) in [6.45, 7) is 1.93. The number of carbonyl (C=O) groups is 1. The summed E-state index contributed by atoms with van der Waals surface area (Å²) in [5.74, 6) is -0.193. The average molecular weight is 311 g/mol. The van der Waals surface area contributed by atoms with Crippen LogP contribution >= 0.6 is 0 Å². The number of para-hydroxylation sites is 1. The van der Waals surface area contributed by atoms with Gasteiger partial charge >= 0.3 is 5.97 Å². The molecule has 0 bridgehead atoms. The molecule has 2 aromatic rings. The van der Waals surface area contributed by atoms with Crippen molar-refractivity contribution in [1.29, 1.82) is 0 Å². The van der Waals surface area contributed by atoms with Gasteiger partial charge in [-0.05, 0) is 36.8 Å². The third-order valence-electron chi connectivity index (χ3n) is 3.38. The third kappa shape index (κ3) is 3.45. The first kappa shape index (κ1) is 15.0. The van der Waals surface area contributed by atoms with Crippen molar-refractivity contribution < 1.29 is 18.8 Å². The van der Waals surface area contributed by atoms with E-state index in [1.165, 1.54) is 12.1 Å². The lowest BCUT2D eigenvalue weighted by molar-refractivity contribution is -0.136. The second kappa shape index (κ2) is 6.44. The van der Waals surface area contributed by atoms with Crippen molar-refractivity contribution in [1.82, 2.24) is 0 Å². The molecule has 116 valence electrons. The summed E-state index contributed by atoms with van der Waals surface area (Å²) < 4.78 is 19.0. The first-order valence-corrected chi connectivity index (χ1v) is 7.08. The molecular weight excluding hydrogens is 297 g/mol. The SMILES string of the molecule is CC1=NOC(=O)/C1=C/c1ccccc1OCc1cccc(F)c1. The fourth-order valence-electron chi connectivity index (χ4n) is 2.19. The van der Waals surface area contributed by atoms with Crippen LogP contribution < -0.4 is 4.74 Å². The zero-order valence-electron chi connectivity index (χ0n) is 12.5. The van der Waals surface area contributed by atoms with Gasteiger partial charge in [-0.15, -0.1) is 0 Å². The van der Waals surface area contributed by atoms with Gasteiger partial charge in [-0.25, -0.2) is 9.18 Å². The minimum absolute atomic E-state index is 0.232. The monoisotopic (exact) mass is 311 g/mol. The van der Waals surface area contributed by atoms with Gasteiger partial charge in [-0.1, -0.05) is 35.5 Å². The minimum Gasteiger partial charge on any atom is -0.488 e. The highest BCUT2D eigenvalue weighted by Crippen LogP contribution is 2.24. The van der Waals surface area contributed by atoms with E-state index < -0.39 is 5.97 Å². The van der Waals surface area contributed by atoms with Crippen LogP contribution in [0.4, 0.5) is 4.39 Å². The maximum atomic E-state index is 13.2. The van der Waals surface area contributed by atoms with Crippen molar-refractivity contribution in [2.75, 3.05) is 0 Å². The van der Waals surface area contributed by atoms with Crippen LogP contribution in [0, 0.1) is 5.82 Å². The molecule has 1 aliphatic rings. The van der Waals surface area contributed by atoms with E-state index in [0.29, 0.717) is 17.0 Å². The van der Waals surface area contributed by atoms with E-state index in [1.807, 2.05) is 18.2 Å². The topological polar surface area (TPSA) is 47.9 Å². The minimum atomic E-state index is -0.484. The third-order valence-corrected chi connectivity index (χ3v) is 3.38. The first-order chi connectivity index (χ1) is 11.1. The molecule has 1 heterocycles. The Morgan fingerprint density at radius 1 is 1.22 bits per heavy atom. The highest BCUT2D eigenvalue weighted by Gasteiger charge is 2.22. The van der Waals surface area contributed by atoms with Crippen LogP contribution in [0.25, 0.3) is 6.08 Å². The molecular formula is C18H14FNO3. The number of benzene rings is 2. The normalized spacial score (nSPS) is 15.5. The van der Waals surface area contributed by atoms with Crippen LogP contribution in [-0.2, 0) is 16.2 Å². The maximum Gasteiger partial charge on any atom is 0.367 e. The highest BCUT2D eigenvalue weighted by molar-refractivity contribution is 6.24. The van der Waals surface area contributed by atoms with Crippen molar-refractivity contribution in [3.05, 3.63) is 71.0 Å². The summed E-state index contributed by atoms with van der Waals surface area (Å²) in [5.41, 5.74) is 2.37. The van der Waals surface area contributed by atoms with Gasteiger partial charge in [0, 0.05) is 5.56 Å². The molecule has 1 aliphatic heterocycles. The summed E-state index contributed by atoms with van der Waals surface area (Å²) in [6, 6.07) is 13.5. The number of nitrogens with zero attached hydrogens (tertiary/aromatic N) is 1. The van der Waals surface area contributed by atoms with E-state index in [1.54, 1.807) is 31.2 Å². The molecule has 0 spiro atoms. The number of rotatable bonds is 4. The molecule has 0 aliphatic carbocycles. The molecule has 0 saturated carbocycles. The fourth-order valence-corrected chi connectivity index (χ4v) is 2.19. The maximum absolute atomic E-state index is 13.2. The lowest BCUT2D eigenvalue weighted by atomic mass is 10.1. The summed E-state index contributed by atoms with van der Waals surface area (Å²) in [4.78, 5) is 16.3. The Morgan fingerprint density at radius 3 is 2.78 bits per heavy atom. The van der Waals surface area contributed by atoms with E-state index in [0.717, 1.165) is 11.1 Å². The Labute approximate surface area is 132 Å². The smallest absolute Gasteiger partial charge is 0.367 e. The van der Waals surface area contributed by atoms with Gasteiger partial charge in [0.25, 0.3) is 0 Å². The van der Waals surface area contributed by atoms with Crippen LogP contribution in [0.5, 0.6) is 5.75 Å². The van der Waals surface area contributed by atoms with Crippen molar-refractivity contribution in [2.45, 2.75) is 13.5 Å². The van der Waals surface area contributed by atoms with Gasteiger partial charge in [0.05, 0.1) is 11.3 Å². The summed E-state index contributed by atoms with van der Waals surface area (Å²) in [5, 5.41) is 3.64. The Bertz CT molecular complexity index is 811.